The van der Waals surface area contributed by atoms with E-state index in [0.29, 0.717) is 0 Å². The van der Waals surface area contributed by atoms with Crippen molar-refractivity contribution < 1.29 is 14.6 Å². The number of carbonyl (C=O) groups excluding carboxylic acids is 1. The number of amides is 1. The van der Waals surface area contributed by atoms with E-state index in [1.807, 2.05) is 52.0 Å². The van der Waals surface area contributed by atoms with Crippen molar-refractivity contribution in [1.29, 1.82) is 0 Å². The largest absolute Gasteiger partial charge is 0.444 e. The van der Waals surface area contributed by atoms with Crippen LogP contribution in [0.3, 0.4) is 0 Å². The SMILES string of the molecule is [C-]#[N+]CC1(N(CC(O)c2cccc(C)c2)C(=O)OC(C)(C)C)CC1. The van der Waals surface area contributed by atoms with Crippen LogP contribution in [-0.4, -0.2) is 40.3 Å². The van der Waals surface area contributed by atoms with Gasteiger partial charge in [-0.15, -0.1) is 0 Å². The lowest BCUT2D eigenvalue weighted by Crippen LogP contribution is -2.48. The van der Waals surface area contributed by atoms with Crippen LogP contribution in [0.1, 0.15) is 50.8 Å². The van der Waals surface area contributed by atoms with Crippen molar-refractivity contribution in [2.24, 2.45) is 0 Å². The summed E-state index contributed by atoms with van der Waals surface area (Å²) in [6, 6.07) is 7.60. The number of carbonyl (C=O) groups is 1. The number of hydrogen-bond acceptors (Lipinski definition) is 3. The van der Waals surface area contributed by atoms with Crippen LogP contribution in [0.25, 0.3) is 4.85 Å². The van der Waals surface area contributed by atoms with E-state index >= 15 is 0 Å². The number of benzene rings is 1. The molecule has 1 atom stereocenters. The minimum atomic E-state index is -0.805. The fourth-order valence-electron chi connectivity index (χ4n) is 2.74. The summed E-state index contributed by atoms with van der Waals surface area (Å²) in [5, 5.41) is 10.6. The molecule has 0 heterocycles. The molecule has 1 aromatic rings. The summed E-state index contributed by atoms with van der Waals surface area (Å²) in [7, 11) is 0. The van der Waals surface area contributed by atoms with Crippen LogP contribution in [0.15, 0.2) is 24.3 Å². The van der Waals surface area contributed by atoms with Gasteiger partial charge >= 0.3 is 6.09 Å². The number of hydrogen-bond donors (Lipinski definition) is 1. The van der Waals surface area contributed by atoms with E-state index < -0.39 is 23.3 Å². The Morgan fingerprint density at radius 3 is 2.62 bits per heavy atom. The van der Waals surface area contributed by atoms with E-state index in [1.165, 1.54) is 0 Å². The number of ether oxygens (including phenoxy) is 1. The topological polar surface area (TPSA) is 54.1 Å². The first-order chi connectivity index (χ1) is 11.2. The Morgan fingerprint density at radius 1 is 1.46 bits per heavy atom. The van der Waals surface area contributed by atoms with Crippen LogP contribution >= 0.6 is 0 Å². The van der Waals surface area contributed by atoms with Gasteiger partial charge in [-0.3, -0.25) is 4.90 Å². The van der Waals surface area contributed by atoms with Gasteiger partial charge in [-0.05, 0) is 46.1 Å². The maximum atomic E-state index is 12.6. The molecule has 0 spiro atoms. The van der Waals surface area contributed by atoms with Gasteiger partial charge in [0.25, 0.3) is 0 Å². The molecule has 0 saturated heterocycles. The zero-order valence-electron chi connectivity index (χ0n) is 14.9. The van der Waals surface area contributed by atoms with Crippen molar-refractivity contribution in [3.63, 3.8) is 0 Å². The third-order valence-electron chi connectivity index (χ3n) is 4.17. The first-order valence-corrected chi connectivity index (χ1v) is 8.25. The summed E-state index contributed by atoms with van der Waals surface area (Å²) in [4.78, 5) is 17.7. The van der Waals surface area contributed by atoms with Crippen LogP contribution in [0, 0.1) is 13.5 Å². The Bertz CT molecular complexity index is 639. The molecule has 0 bridgehead atoms. The monoisotopic (exact) mass is 330 g/mol. The number of β-amino-alcohol motifs (C(OH)–C–C–N with tert-alkyl or cyclic N) is 1. The summed E-state index contributed by atoms with van der Waals surface area (Å²) in [5.41, 5.74) is 0.715. The molecule has 1 saturated carbocycles. The molecule has 2 rings (SSSR count). The van der Waals surface area contributed by atoms with E-state index in [1.54, 1.807) is 4.90 Å². The summed E-state index contributed by atoms with van der Waals surface area (Å²) in [6.45, 7) is 14.9. The molecular formula is C19H26N2O3. The highest BCUT2D eigenvalue weighted by molar-refractivity contribution is 5.70. The van der Waals surface area contributed by atoms with Crippen molar-refractivity contribution in [3.8, 4) is 0 Å². The molecule has 5 heteroatoms. The van der Waals surface area contributed by atoms with Gasteiger partial charge in [-0.25, -0.2) is 11.4 Å². The number of aryl methyl sites for hydroxylation is 1. The molecule has 1 aromatic carbocycles. The van der Waals surface area contributed by atoms with Gasteiger partial charge in [-0.1, -0.05) is 29.8 Å². The third kappa shape index (κ3) is 4.48. The molecule has 1 amide bonds. The summed E-state index contributed by atoms with van der Waals surface area (Å²) in [5.74, 6) is 0. The second kappa shape index (κ2) is 6.82. The lowest BCUT2D eigenvalue weighted by molar-refractivity contribution is 0.00166. The van der Waals surface area contributed by atoms with Crippen LogP contribution in [-0.2, 0) is 4.74 Å². The van der Waals surface area contributed by atoms with Crippen molar-refractivity contribution in [2.45, 2.75) is 57.8 Å². The molecule has 24 heavy (non-hydrogen) atoms. The molecule has 1 aliphatic rings. The molecule has 1 N–H and O–H groups in total. The normalized spacial score (nSPS) is 16.8. The third-order valence-corrected chi connectivity index (χ3v) is 4.17. The molecular weight excluding hydrogens is 304 g/mol. The zero-order valence-corrected chi connectivity index (χ0v) is 14.9. The number of nitrogens with zero attached hydrogens (tertiary/aromatic N) is 2. The Kier molecular flexibility index (Phi) is 5.19. The molecule has 0 radical (unpaired) electrons. The van der Waals surface area contributed by atoms with Crippen molar-refractivity contribution >= 4 is 6.09 Å². The van der Waals surface area contributed by atoms with Gasteiger partial charge in [0.2, 0.25) is 6.54 Å². The average molecular weight is 330 g/mol. The van der Waals surface area contributed by atoms with Gasteiger partial charge in [0.15, 0.2) is 0 Å². The van der Waals surface area contributed by atoms with Gasteiger partial charge in [-0.2, -0.15) is 0 Å². The molecule has 0 aliphatic heterocycles. The van der Waals surface area contributed by atoms with E-state index in [4.69, 9.17) is 11.3 Å². The second-order valence-corrected chi connectivity index (χ2v) is 7.56. The molecule has 1 unspecified atom stereocenters. The fourth-order valence-corrected chi connectivity index (χ4v) is 2.74. The molecule has 5 nitrogen and oxygen atoms in total. The highest BCUT2D eigenvalue weighted by atomic mass is 16.6. The van der Waals surface area contributed by atoms with Gasteiger partial charge in [0.1, 0.15) is 11.1 Å². The quantitative estimate of drug-likeness (QED) is 0.837. The smallest absolute Gasteiger partial charge is 0.411 e. The van der Waals surface area contributed by atoms with Crippen molar-refractivity contribution in [1.82, 2.24) is 4.90 Å². The predicted molar refractivity (Wildman–Crippen MR) is 92.5 cm³/mol. The Balaban J connectivity index is 2.20. The van der Waals surface area contributed by atoms with E-state index in [9.17, 15) is 9.90 Å². The molecule has 130 valence electrons. The number of aliphatic hydroxyl groups excluding tert-OH is 1. The van der Waals surface area contributed by atoms with Crippen molar-refractivity contribution in [3.05, 3.63) is 46.8 Å². The summed E-state index contributed by atoms with van der Waals surface area (Å²) >= 11 is 0. The Hall–Kier alpha value is -2.06. The van der Waals surface area contributed by atoms with Gasteiger partial charge in [0.05, 0.1) is 12.6 Å². The molecule has 1 fully saturated rings. The van der Waals surface area contributed by atoms with Crippen LogP contribution in [0.2, 0.25) is 0 Å². The van der Waals surface area contributed by atoms with Gasteiger partial charge in [0, 0.05) is 0 Å². The Morgan fingerprint density at radius 2 is 2.12 bits per heavy atom. The summed E-state index contributed by atoms with van der Waals surface area (Å²) in [6.07, 6.45) is 0.278. The first-order valence-electron chi connectivity index (χ1n) is 8.25. The van der Waals surface area contributed by atoms with Crippen LogP contribution in [0.4, 0.5) is 4.79 Å². The minimum absolute atomic E-state index is 0.133. The van der Waals surface area contributed by atoms with Crippen LogP contribution < -0.4 is 0 Å². The highest BCUT2D eigenvalue weighted by Crippen LogP contribution is 2.43. The lowest BCUT2D eigenvalue weighted by atomic mass is 10.1. The maximum absolute atomic E-state index is 12.6. The van der Waals surface area contributed by atoms with E-state index in [-0.39, 0.29) is 13.1 Å². The van der Waals surface area contributed by atoms with E-state index in [0.717, 1.165) is 24.0 Å². The van der Waals surface area contributed by atoms with Crippen molar-refractivity contribution in [2.75, 3.05) is 13.1 Å². The molecule has 0 aromatic heterocycles. The zero-order chi connectivity index (χ0) is 18.0. The first kappa shape index (κ1) is 18.3. The maximum Gasteiger partial charge on any atom is 0.411 e. The average Bonchev–Trinajstić information content (AvgIpc) is 3.23. The lowest BCUT2D eigenvalue weighted by Gasteiger charge is -2.33. The van der Waals surface area contributed by atoms with Crippen LogP contribution in [0.5, 0.6) is 0 Å². The summed E-state index contributed by atoms with van der Waals surface area (Å²) < 4.78 is 5.51. The highest BCUT2D eigenvalue weighted by Gasteiger charge is 2.54. The predicted octanol–water partition coefficient (Wildman–Crippen LogP) is 3.72. The minimum Gasteiger partial charge on any atom is -0.444 e. The number of rotatable bonds is 5. The number of aliphatic hydroxyl groups is 1. The van der Waals surface area contributed by atoms with Gasteiger partial charge < -0.3 is 14.7 Å². The fraction of sp³-hybridized carbons (Fsp3) is 0.579. The molecule has 1 aliphatic carbocycles. The Labute approximate surface area is 144 Å². The standard InChI is InChI=1S/C19H26N2O3/c1-14-7-6-8-15(11-14)16(22)12-21(17(23)24-18(2,3)4)19(9-10-19)13-20-5/h6-8,11,16,22H,9-10,12-13H2,1-4H3. The second-order valence-electron chi connectivity index (χ2n) is 7.56. The van der Waals surface area contributed by atoms with E-state index in [2.05, 4.69) is 4.85 Å².